The highest BCUT2D eigenvalue weighted by Gasteiger charge is 2.23. The van der Waals surface area contributed by atoms with Crippen molar-refractivity contribution < 1.29 is 18.6 Å². The van der Waals surface area contributed by atoms with Gasteiger partial charge in [-0.15, -0.1) is 0 Å². The van der Waals surface area contributed by atoms with Crippen LogP contribution in [0.4, 0.5) is 5.95 Å². The maximum absolute atomic E-state index is 12.8. The Morgan fingerprint density at radius 3 is 1.53 bits per heavy atom. The summed E-state index contributed by atoms with van der Waals surface area (Å²) in [6, 6.07) is 17.2. The number of benzene rings is 2. The minimum Gasteiger partial charge on any atom is -0.389 e. The van der Waals surface area contributed by atoms with E-state index in [1.165, 1.54) is 22.4 Å². The number of aliphatic hydroxyl groups is 2. The second-order valence-corrected chi connectivity index (χ2v) is 17.2. The maximum atomic E-state index is 12.8. The van der Waals surface area contributed by atoms with E-state index in [4.69, 9.17) is 34.0 Å². The van der Waals surface area contributed by atoms with Crippen LogP contribution in [-0.2, 0) is 23.9 Å². The number of hydrogen-bond donors (Lipinski definition) is 4. The molecule has 0 spiro atoms. The summed E-state index contributed by atoms with van der Waals surface area (Å²) >= 11 is 12.4. The first-order valence-corrected chi connectivity index (χ1v) is 20.0. The number of hydrogen-bond acceptors (Lipinski definition) is 12. The maximum Gasteiger partial charge on any atom is 0.259 e. The van der Waals surface area contributed by atoms with E-state index in [2.05, 4.69) is 25.3 Å². The summed E-state index contributed by atoms with van der Waals surface area (Å²) in [5.74, 6) is 0.354. The molecule has 0 aliphatic rings. The molecule has 0 radical (unpaired) electrons. The Hall–Kier alpha value is -4.77. The highest BCUT2D eigenvalue weighted by Crippen LogP contribution is 2.28. The molecule has 6 rings (SSSR count). The molecule has 5 N–H and O–H groups in total. The van der Waals surface area contributed by atoms with Gasteiger partial charge in [0.05, 0.1) is 17.2 Å². The standard InChI is InChI=1S/C19H21ClN4O2.C15H12ClN3O3S.C5H13NO.CH4/c1-11(19(2,3)26)22-18-21-10-12-9-14(13-7-5-6-8-15(13)20)17(25)24(4)16(12)23-18;1-19-13-9(8-17-15(18-13)23(2,21)22)7-11(14(19)20)10-5-3-4-6-12(10)16;1-4(6)5(2,3)7;/h5-11,26H,1-4H3,(H,21,22,23);3-8H,1-2H3;4,7H,6H2,1-3H3;1H4/t11-;;4-;/m0.0./s1. The third-order valence-corrected chi connectivity index (χ3v) is 10.6. The summed E-state index contributed by atoms with van der Waals surface area (Å²) in [6.45, 7) is 10.4. The number of pyridine rings is 2. The molecule has 17 heteroatoms. The van der Waals surface area contributed by atoms with Gasteiger partial charge in [0.2, 0.25) is 20.9 Å². The van der Waals surface area contributed by atoms with Crippen molar-refractivity contribution in [2.45, 2.75) is 77.4 Å². The molecule has 4 heterocycles. The van der Waals surface area contributed by atoms with Crippen LogP contribution in [0.5, 0.6) is 0 Å². The Morgan fingerprint density at radius 2 is 1.14 bits per heavy atom. The smallest absolute Gasteiger partial charge is 0.259 e. The van der Waals surface area contributed by atoms with Crippen molar-refractivity contribution in [1.82, 2.24) is 29.1 Å². The molecular weight excluding hydrogens is 791 g/mol. The molecule has 0 saturated heterocycles. The molecule has 6 aromatic rings. The lowest BCUT2D eigenvalue weighted by molar-refractivity contribution is 0.0581. The zero-order valence-electron chi connectivity index (χ0n) is 32.5. The number of rotatable bonds is 7. The fourth-order valence-corrected chi connectivity index (χ4v) is 5.81. The predicted molar refractivity (Wildman–Crippen MR) is 230 cm³/mol. The van der Waals surface area contributed by atoms with Gasteiger partial charge in [0.25, 0.3) is 11.1 Å². The van der Waals surface area contributed by atoms with Crippen LogP contribution >= 0.6 is 23.2 Å². The number of sulfone groups is 1. The fourth-order valence-electron chi connectivity index (χ4n) is 4.84. The molecule has 57 heavy (non-hydrogen) atoms. The summed E-state index contributed by atoms with van der Waals surface area (Å²) in [6.07, 6.45) is 4.06. The van der Waals surface area contributed by atoms with Crippen molar-refractivity contribution in [3.8, 4) is 22.3 Å². The van der Waals surface area contributed by atoms with Crippen molar-refractivity contribution >= 4 is 61.1 Å². The van der Waals surface area contributed by atoms with Gasteiger partial charge in [-0.05, 0) is 65.8 Å². The average Bonchev–Trinajstić information content (AvgIpc) is 3.11. The molecule has 2 atom stereocenters. The molecule has 14 nitrogen and oxygen atoms in total. The molecule has 0 unspecified atom stereocenters. The van der Waals surface area contributed by atoms with E-state index >= 15 is 0 Å². The fraction of sp³-hybridized carbons (Fsp3) is 0.350. The lowest BCUT2D eigenvalue weighted by Gasteiger charge is -2.26. The number of nitrogens with two attached hydrogens (primary N) is 1. The number of fused-ring (bicyclic) bond motifs is 2. The Kier molecular flexibility index (Phi) is 14.9. The van der Waals surface area contributed by atoms with E-state index in [9.17, 15) is 23.1 Å². The van der Waals surface area contributed by atoms with Gasteiger partial charge >= 0.3 is 0 Å². The molecular formula is C40H50Cl2N8O6S. The van der Waals surface area contributed by atoms with Crippen LogP contribution in [0.25, 0.3) is 44.3 Å². The van der Waals surface area contributed by atoms with Gasteiger partial charge in [-0.2, -0.15) is 9.97 Å². The Morgan fingerprint density at radius 1 is 0.737 bits per heavy atom. The first-order chi connectivity index (χ1) is 25.9. The van der Waals surface area contributed by atoms with Crippen molar-refractivity contribution in [2.75, 3.05) is 11.6 Å². The number of nitrogens with zero attached hydrogens (tertiary/aromatic N) is 6. The molecule has 0 amide bonds. The highest BCUT2D eigenvalue weighted by molar-refractivity contribution is 7.90. The summed E-state index contributed by atoms with van der Waals surface area (Å²) in [5, 5.41) is 24.0. The lowest BCUT2D eigenvalue weighted by Crippen LogP contribution is -2.40. The normalized spacial score (nSPS) is 12.7. The van der Waals surface area contributed by atoms with E-state index in [1.54, 1.807) is 90.3 Å². The SMILES string of the molecule is C.C[C@H](N)C(C)(C)O.C[C@H](Nc1ncc2cc(-c3ccccc3Cl)c(=O)n(C)c2n1)C(C)(C)O.Cn1c(=O)c(-c2ccccc2Cl)cc2cnc(S(C)(=O)=O)nc21. The van der Waals surface area contributed by atoms with E-state index in [1.807, 2.05) is 25.1 Å². The van der Waals surface area contributed by atoms with Gasteiger partial charge < -0.3 is 21.3 Å². The van der Waals surface area contributed by atoms with Crippen LogP contribution in [0, 0.1) is 0 Å². The minimum atomic E-state index is -3.55. The summed E-state index contributed by atoms with van der Waals surface area (Å²) in [5.41, 5.74) is 6.10. The molecule has 4 aromatic heterocycles. The summed E-state index contributed by atoms with van der Waals surface area (Å²) in [4.78, 5) is 42.0. The summed E-state index contributed by atoms with van der Waals surface area (Å²) < 4.78 is 25.9. The van der Waals surface area contributed by atoms with Gasteiger partial charge in [0.1, 0.15) is 11.3 Å². The van der Waals surface area contributed by atoms with Crippen LogP contribution in [0.15, 0.2) is 87.8 Å². The molecule has 2 aromatic carbocycles. The number of nitrogens with one attached hydrogen (secondary N) is 1. The van der Waals surface area contributed by atoms with E-state index < -0.39 is 21.0 Å². The average molecular weight is 842 g/mol. The van der Waals surface area contributed by atoms with Crippen LogP contribution in [0.2, 0.25) is 10.0 Å². The van der Waals surface area contributed by atoms with Gasteiger partial charge in [-0.1, -0.05) is 67.0 Å². The third kappa shape index (κ3) is 11.2. The molecule has 0 aliphatic heterocycles. The van der Waals surface area contributed by atoms with Crippen LogP contribution in [0.1, 0.15) is 49.0 Å². The second kappa shape index (κ2) is 18.2. The molecule has 306 valence electrons. The predicted octanol–water partition coefficient (Wildman–Crippen LogP) is 6.01. The number of halogens is 2. The zero-order valence-corrected chi connectivity index (χ0v) is 34.9. The van der Waals surface area contributed by atoms with Crippen LogP contribution in [0.3, 0.4) is 0 Å². The van der Waals surface area contributed by atoms with Gasteiger partial charge in [-0.25, -0.2) is 18.4 Å². The molecule has 0 bridgehead atoms. The molecule has 0 fully saturated rings. The number of aromatic nitrogens is 6. The van der Waals surface area contributed by atoms with Crippen LogP contribution < -0.4 is 22.2 Å². The van der Waals surface area contributed by atoms with Crippen molar-refractivity contribution in [1.29, 1.82) is 0 Å². The van der Waals surface area contributed by atoms with Gasteiger partial charge in [-0.3, -0.25) is 18.7 Å². The lowest BCUT2D eigenvalue weighted by atomic mass is 10.0. The van der Waals surface area contributed by atoms with E-state index in [0.29, 0.717) is 49.3 Å². The van der Waals surface area contributed by atoms with E-state index in [-0.39, 0.29) is 41.4 Å². The molecule has 0 aliphatic carbocycles. The minimum absolute atomic E-state index is 0. The first kappa shape index (κ1) is 46.6. The summed E-state index contributed by atoms with van der Waals surface area (Å²) in [7, 11) is -0.352. The number of aryl methyl sites for hydroxylation is 2. The van der Waals surface area contributed by atoms with Crippen molar-refractivity contribution in [3.63, 3.8) is 0 Å². The van der Waals surface area contributed by atoms with Gasteiger partial charge in [0, 0.05) is 81.9 Å². The molecule has 0 saturated carbocycles. The van der Waals surface area contributed by atoms with Crippen LogP contribution in [-0.4, -0.2) is 77.2 Å². The largest absolute Gasteiger partial charge is 0.389 e. The van der Waals surface area contributed by atoms with Gasteiger partial charge in [0.15, 0.2) is 0 Å². The first-order valence-electron chi connectivity index (χ1n) is 17.3. The Labute approximate surface area is 342 Å². The number of anilines is 1. The Bertz CT molecular complexity index is 2620. The van der Waals surface area contributed by atoms with Crippen molar-refractivity contribution in [2.24, 2.45) is 19.8 Å². The topological polar surface area (TPSA) is 208 Å². The van der Waals surface area contributed by atoms with Crippen molar-refractivity contribution in [3.05, 3.63) is 104 Å². The third-order valence-electron chi connectivity index (χ3n) is 9.05. The zero-order chi connectivity index (χ0) is 41.9. The quantitative estimate of drug-likeness (QED) is 0.136. The second-order valence-electron chi connectivity index (χ2n) is 14.4. The van der Waals surface area contributed by atoms with E-state index in [0.717, 1.165) is 11.6 Å². The highest BCUT2D eigenvalue weighted by atomic mass is 35.5. The Balaban J connectivity index is 0.000000259. The monoisotopic (exact) mass is 840 g/mol.